The van der Waals surface area contributed by atoms with E-state index in [2.05, 4.69) is 4.98 Å². The Morgan fingerprint density at radius 2 is 2.27 bits per heavy atom. The lowest BCUT2D eigenvalue weighted by molar-refractivity contribution is 0.450. The van der Waals surface area contributed by atoms with Gasteiger partial charge in [0.05, 0.1) is 0 Å². The topological polar surface area (TPSA) is 79.1 Å². The van der Waals surface area contributed by atoms with Gasteiger partial charge in [-0.1, -0.05) is 0 Å². The lowest BCUT2D eigenvalue weighted by atomic mass is 10.1. The van der Waals surface area contributed by atoms with E-state index < -0.39 is 0 Å². The van der Waals surface area contributed by atoms with Gasteiger partial charge in [0.2, 0.25) is 0 Å². The van der Waals surface area contributed by atoms with Crippen LogP contribution in [0, 0.1) is 0 Å². The zero-order valence-corrected chi connectivity index (χ0v) is 6.16. The monoisotopic (exact) mass is 154 g/mol. The summed E-state index contributed by atoms with van der Waals surface area (Å²) < 4.78 is 0. The highest BCUT2D eigenvalue weighted by Gasteiger charge is 2.01. The average Bonchev–Trinajstić information content (AvgIpc) is 1.85. The maximum atomic E-state index is 10.7. The summed E-state index contributed by atoms with van der Waals surface area (Å²) in [6.07, 6.45) is 0. The molecule has 1 aromatic heterocycles. The molecule has 0 aliphatic heterocycles. The molecule has 0 saturated heterocycles. The van der Waals surface area contributed by atoms with Gasteiger partial charge in [0.25, 0.3) is 5.56 Å². The second-order valence-corrected chi connectivity index (χ2v) is 2.45. The Morgan fingerprint density at radius 1 is 1.64 bits per heavy atom. The van der Waals surface area contributed by atoms with Gasteiger partial charge in [-0.05, 0) is 12.5 Å². The van der Waals surface area contributed by atoms with Gasteiger partial charge < -0.3 is 10.8 Å². The largest absolute Gasteiger partial charge is 0.495 e. The van der Waals surface area contributed by atoms with E-state index in [0.717, 1.165) is 0 Å². The van der Waals surface area contributed by atoms with E-state index in [1.807, 2.05) is 0 Å². The summed E-state index contributed by atoms with van der Waals surface area (Å²) in [5.74, 6) is -0.148. The lowest BCUT2D eigenvalue weighted by Gasteiger charge is -2.03. The number of rotatable bonds is 1. The van der Waals surface area contributed by atoms with E-state index >= 15 is 0 Å². The molecule has 0 unspecified atom stereocenters. The van der Waals surface area contributed by atoms with Gasteiger partial charge in [0, 0.05) is 18.2 Å². The van der Waals surface area contributed by atoms with Crippen molar-refractivity contribution in [3.63, 3.8) is 0 Å². The predicted octanol–water partition coefficient (Wildman–Crippen LogP) is 0.100. The first-order valence-electron chi connectivity index (χ1n) is 3.28. The molecule has 1 aromatic rings. The van der Waals surface area contributed by atoms with Crippen molar-refractivity contribution < 1.29 is 5.11 Å². The quantitative estimate of drug-likeness (QED) is 0.536. The fourth-order valence-corrected chi connectivity index (χ4v) is 0.812. The van der Waals surface area contributed by atoms with Gasteiger partial charge in [-0.25, -0.2) is 0 Å². The molecule has 0 bridgehead atoms. The van der Waals surface area contributed by atoms with Crippen LogP contribution in [-0.4, -0.2) is 10.1 Å². The molecule has 0 amide bonds. The van der Waals surface area contributed by atoms with Crippen molar-refractivity contribution in [1.29, 1.82) is 0 Å². The van der Waals surface area contributed by atoms with Crippen molar-refractivity contribution in [2.45, 2.75) is 13.0 Å². The van der Waals surface area contributed by atoms with E-state index in [1.165, 1.54) is 12.1 Å². The molecule has 11 heavy (non-hydrogen) atoms. The van der Waals surface area contributed by atoms with Crippen LogP contribution in [0.15, 0.2) is 16.9 Å². The third-order valence-electron chi connectivity index (χ3n) is 1.38. The summed E-state index contributed by atoms with van der Waals surface area (Å²) in [6.45, 7) is 1.74. The van der Waals surface area contributed by atoms with Crippen LogP contribution in [0.3, 0.4) is 0 Å². The highest BCUT2D eigenvalue weighted by atomic mass is 16.3. The highest BCUT2D eigenvalue weighted by Crippen LogP contribution is 2.10. The van der Waals surface area contributed by atoms with Crippen LogP contribution in [0.2, 0.25) is 0 Å². The standard InChI is InChI=1S/C7H10N2O2/c1-4(8)5-2-6(10)9-7(11)3-5/h2-4H,8H2,1H3,(H2,9,10,11)/t4-/m1/s1. The predicted molar refractivity (Wildman–Crippen MR) is 41.3 cm³/mol. The number of nitrogens with one attached hydrogen (secondary N) is 1. The number of aromatic hydroxyl groups is 1. The van der Waals surface area contributed by atoms with Crippen molar-refractivity contribution in [2.24, 2.45) is 5.73 Å². The van der Waals surface area contributed by atoms with Crippen LogP contribution in [0.25, 0.3) is 0 Å². The number of hydrogen-bond donors (Lipinski definition) is 3. The van der Waals surface area contributed by atoms with Gasteiger partial charge in [-0.2, -0.15) is 0 Å². The maximum absolute atomic E-state index is 10.7. The minimum Gasteiger partial charge on any atom is -0.495 e. The number of aromatic nitrogens is 1. The molecule has 4 N–H and O–H groups in total. The van der Waals surface area contributed by atoms with E-state index in [1.54, 1.807) is 6.92 Å². The molecule has 0 aromatic carbocycles. The van der Waals surface area contributed by atoms with Gasteiger partial charge in [0.1, 0.15) is 0 Å². The molecule has 1 heterocycles. The first-order chi connectivity index (χ1) is 5.09. The van der Waals surface area contributed by atoms with Crippen LogP contribution < -0.4 is 11.3 Å². The lowest BCUT2D eigenvalue weighted by Crippen LogP contribution is -2.11. The van der Waals surface area contributed by atoms with Gasteiger partial charge in [-0.15, -0.1) is 0 Å². The van der Waals surface area contributed by atoms with Crippen molar-refractivity contribution >= 4 is 0 Å². The first kappa shape index (κ1) is 7.81. The fraction of sp³-hybridized carbons (Fsp3) is 0.286. The number of pyridine rings is 1. The van der Waals surface area contributed by atoms with Crippen LogP contribution in [0.5, 0.6) is 5.88 Å². The Kier molecular flexibility index (Phi) is 1.96. The molecule has 4 heteroatoms. The van der Waals surface area contributed by atoms with Gasteiger partial charge in [-0.3, -0.25) is 9.78 Å². The second kappa shape index (κ2) is 2.75. The molecule has 0 spiro atoms. The summed E-state index contributed by atoms with van der Waals surface area (Å²) >= 11 is 0. The third kappa shape index (κ3) is 1.81. The Bertz CT molecular complexity index is 304. The van der Waals surface area contributed by atoms with E-state index in [0.29, 0.717) is 5.56 Å². The Morgan fingerprint density at radius 3 is 2.73 bits per heavy atom. The molecule has 0 aliphatic rings. The van der Waals surface area contributed by atoms with Crippen LogP contribution in [0.4, 0.5) is 0 Å². The zero-order chi connectivity index (χ0) is 8.43. The van der Waals surface area contributed by atoms with Crippen molar-refractivity contribution in [3.8, 4) is 5.88 Å². The Hall–Kier alpha value is -1.29. The molecule has 0 aliphatic carbocycles. The molecule has 60 valence electrons. The number of H-pyrrole nitrogens is 1. The minimum atomic E-state index is -0.336. The van der Waals surface area contributed by atoms with Gasteiger partial charge >= 0.3 is 0 Å². The van der Waals surface area contributed by atoms with E-state index in [4.69, 9.17) is 10.8 Å². The van der Waals surface area contributed by atoms with Crippen molar-refractivity contribution in [3.05, 3.63) is 28.0 Å². The third-order valence-corrected chi connectivity index (χ3v) is 1.38. The van der Waals surface area contributed by atoms with Crippen LogP contribution in [0.1, 0.15) is 18.5 Å². The molecular weight excluding hydrogens is 144 g/mol. The normalized spacial score (nSPS) is 12.9. The first-order valence-corrected chi connectivity index (χ1v) is 3.28. The zero-order valence-electron chi connectivity index (χ0n) is 6.16. The molecule has 0 radical (unpaired) electrons. The molecule has 0 fully saturated rings. The Balaban J connectivity index is 3.19. The second-order valence-electron chi connectivity index (χ2n) is 2.45. The van der Waals surface area contributed by atoms with Crippen molar-refractivity contribution in [2.75, 3.05) is 0 Å². The summed E-state index contributed by atoms with van der Waals surface area (Å²) in [5.41, 5.74) is 5.78. The number of hydrogen-bond acceptors (Lipinski definition) is 3. The fourth-order valence-electron chi connectivity index (χ4n) is 0.812. The highest BCUT2D eigenvalue weighted by molar-refractivity contribution is 5.21. The van der Waals surface area contributed by atoms with Crippen molar-refractivity contribution in [1.82, 2.24) is 4.98 Å². The van der Waals surface area contributed by atoms with Crippen LogP contribution >= 0.6 is 0 Å². The van der Waals surface area contributed by atoms with Gasteiger partial charge in [0.15, 0.2) is 5.88 Å². The molecule has 4 nitrogen and oxygen atoms in total. The SMILES string of the molecule is C[C@@H](N)c1cc(O)[nH]c(=O)c1. The summed E-state index contributed by atoms with van der Waals surface area (Å²) in [5, 5.41) is 8.93. The summed E-state index contributed by atoms with van der Waals surface area (Å²) in [7, 11) is 0. The molecular formula is C7H10N2O2. The number of nitrogens with two attached hydrogens (primary N) is 1. The smallest absolute Gasteiger partial charge is 0.250 e. The average molecular weight is 154 g/mol. The summed E-state index contributed by atoms with van der Waals surface area (Å²) in [6, 6.07) is 2.57. The molecule has 1 atom stereocenters. The summed E-state index contributed by atoms with van der Waals surface area (Å²) in [4.78, 5) is 13.0. The Labute approximate surface area is 63.7 Å². The van der Waals surface area contributed by atoms with E-state index in [9.17, 15) is 4.79 Å². The minimum absolute atomic E-state index is 0.148. The molecule has 0 saturated carbocycles. The molecule has 1 rings (SSSR count). The van der Waals surface area contributed by atoms with Crippen LogP contribution in [-0.2, 0) is 0 Å². The maximum Gasteiger partial charge on any atom is 0.250 e. The number of aromatic amines is 1. The van der Waals surface area contributed by atoms with E-state index in [-0.39, 0.29) is 17.5 Å².